The van der Waals surface area contributed by atoms with E-state index in [4.69, 9.17) is 0 Å². The summed E-state index contributed by atoms with van der Waals surface area (Å²) in [6.07, 6.45) is 10.8. The predicted octanol–water partition coefficient (Wildman–Crippen LogP) is 4.99. The van der Waals surface area contributed by atoms with Crippen molar-refractivity contribution in [2.75, 3.05) is 0 Å². The molecule has 2 heteroatoms. The van der Waals surface area contributed by atoms with Crippen molar-refractivity contribution in [3.8, 4) is 0 Å². The Morgan fingerprint density at radius 1 is 1.00 bits per heavy atom. The molecule has 2 nitrogen and oxygen atoms in total. The molecule has 0 saturated heterocycles. The van der Waals surface area contributed by atoms with Crippen LogP contribution in [0.1, 0.15) is 85.5 Å². The van der Waals surface area contributed by atoms with E-state index in [1.54, 1.807) is 0 Å². The first kappa shape index (κ1) is 17.1. The third-order valence-corrected chi connectivity index (χ3v) is 9.90. The third kappa shape index (κ3) is 1.90. The van der Waals surface area contributed by atoms with E-state index < -0.39 is 5.60 Å². The van der Waals surface area contributed by atoms with Gasteiger partial charge in [0.2, 0.25) is 0 Å². The third-order valence-electron chi connectivity index (χ3n) is 9.90. The number of fused-ring (bicyclic) bond motifs is 5. The maximum absolute atomic E-state index is 12.6. The molecule has 0 bridgehead atoms. The number of carbonyl (C=O) groups is 1. The summed E-state index contributed by atoms with van der Waals surface area (Å²) in [6.45, 7) is 9.06. The van der Waals surface area contributed by atoms with E-state index in [0.29, 0.717) is 23.7 Å². The van der Waals surface area contributed by atoms with Crippen LogP contribution in [0.3, 0.4) is 0 Å². The van der Waals surface area contributed by atoms with E-state index in [2.05, 4.69) is 20.8 Å². The van der Waals surface area contributed by atoms with Crippen molar-refractivity contribution in [1.82, 2.24) is 0 Å². The molecular formula is C22H36O2. The maximum atomic E-state index is 12.6. The normalized spacial score (nSPS) is 57.2. The van der Waals surface area contributed by atoms with Crippen LogP contribution in [-0.4, -0.2) is 16.5 Å². The Balaban J connectivity index is 1.71. The van der Waals surface area contributed by atoms with Gasteiger partial charge in [0, 0.05) is 11.8 Å². The van der Waals surface area contributed by atoms with Crippen molar-refractivity contribution in [3.05, 3.63) is 0 Å². The molecule has 0 aromatic rings. The molecule has 1 unspecified atom stereocenters. The summed E-state index contributed by atoms with van der Waals surface area (Å²) < 4.78 is 0. The minimum atomic E-state index is -1.12. The van der Waals surface area contributed by atoms with E-state index >= 15 is 0 Å². The van der Waals surface area contributed by atoms with Gasteiger partial charge in [-0.2, -0.15) is 0 Å². The maximum Gasteiger partial charge on any atom is 0.164 e. The number of carbonyl (C=O) groups excluding carboxylic acids is 1. The molecule has 24 heavy (non-hydrogen) atoms. The predicted molar refractivity (Wildman–Crippen MR) is 96.5 cm³/mol. The van der Waals surface area contributed by atoms with E-state index in [9.17, 15) is 9.90 Å². The second-order valence-corrected chi connectivity index (χ2v) is 10.2. The average Bonchev–Trinajstić information content (AvgIpc) is 2.89. The fourth-order valence-corrected chi connectivity index (χ4v) is 8.26. The summed E-state index contributed by atoms with van der Waals surface area (Å²) in [5, 5.41) is 11.3. The Morgan fingerprint density at radius 2 is 1.75 bits per heavy atom. The van der Waals surface area contributed by atoms with Crippen LogP contribution in [0.4, 0.5) is 0 Å². The molecule has 1 N–H and O–H groups in total. The first-order valence-electron chi connectivity index (χ1n) is 10.5. The van der Waals surface area contributed by atoms with Gasteiger partial charge < -0.3 is 5.11 Å². The fraction of sp³-hybridized carbons (Fsp3) is 0.955. The van der Waals surface area contributed by atoms with Crippen molar-refractivity contribution in [2.24, 2.45) is 40.4 Å². The zero-order valence-electron chi connectivity index (χ0n) is 16.1. The van der Waals surface area contributed by atoms with Gasteiger partial charge in [-0.1, -0.05) is 27.2 Å². The summed E-state index contributed by atoms with van der Waals surface area (Å²) in [4.78, 5) is 12.6. The van der Waals surface area contributed by atoms with Gasteiger partial charge in [0.1, 0.15) is 5.60 Å². The molecule has 4 rings (SSSR count). The van der Waals surface area contributed by atoms with Crippen molar-refractivity contribution in [3.63, 3.8) is 0 Å². The molecule has 0 aromatic carbocycles. The summed E-state index contributed by atoms with van der Waals surface area (Å²) in [6, 6.07) is 0. The van der Waals surface area contributed by atoms with Crippen LogP contribution in [0.15, 0.2) is 0 Å². The van der Waals surface area contributed by atoms with Crippen LogP contribution in [0.2, 0.25) is 0 Å². The number of hydrogen-bond acceptors (Lipinski definition) is 2. The highest BCUT2D eigenvalue weighted by Crippen LogP contribution is 2.68. The second-order valence-electron chi connectivity index (χ2n) is 10.2. The highest BCUT2D eigenvalue weighted by atomic mass is 16.3. The van der Waals surface area contributed by atoms with E-state index in [0.717, 1.165) is 24.2 Å². The molecule has 0 aliphatic heterocycles. The number of Topliss-reactive ketones (excluding diaryl/α,β-unsaturated/α-hetero) is 1. The number of hydrogen-bond donors (Lipinski definition) is 1. The van der Waals surface area contributed by atoms with Gasteiger partial charge >= 0.3 is 0 Å². The topological polar surface area (TPSA) is 37.3 Å². The average molecular weight is 333 g/mol. The van der Waals surface area contributed by atoms with Gasteiger partial charge in [-0.3, -0.25) is 4.79 Å². The smallest absolute Gasteiger partial charge is 0.164 e. The van der Waals surface area contributed by atoms with Crippen LogP contribution in [0, 0.1) is 40.4 Å². The molecule has 0 radical (unpaired) electrons. The van der Waals surface area contributed by atoms with Crippen LogP contribution in [-0.2, 0) is 4.79 Å². The Kier molecular flexibility index (Phi) is 3.78. The zero-order valence-corrected chi connectivity index (χ0v) is 16.1. The number of rotatable bonds is 1. The minimum Gasteiger partial charge on any atom is -0.382 e. The SMILES string of the molecule is CC[C@H]1CC[C@H]2[C@@H]3CC[C@H]4CCC(=O)C(C)(O)[C@]4(C)[C@H]3CC[C@]12C. The number of ketones is 1. The molecular weight excluding hydrogens is 296 g/mol. The zero-order chi connectivity index (χ0) is 17.3. The van der Waals surface area contributed by atoms with Crippen molar-refractivity contribution in [1.29, 1.82) is 0 Å². The lowest BCUT2D eigenvalue weighted by atomic mass is 9.41. The largest absolute Gasteiger partial charge is 0.382 e. The highest BCUT2D eigenvalue weighted by Gasteiger charge is 2.66. The Hall–Kier alpha value is -0.370. The van der Waals surface area contributed by atoms with Gasteiger partial charge in [-0.25, -0.2) is 0 Å². The lowest BCUT2D eigenvalue weighted by molar-refractivity contribution is -0.206. The Morgan fingerprint density at radius 3 is 2.46 bits per heavy atom. The second kappa shape index (κ2) is 5.32. The summed E-state index contributed by atoms with van der Waals surface area (Å²) in [7, 11) is 0. The standard InChI is InChI=1S/C22H36O2/c1-5-14-7-10-17-16-9-6-15-8-11-19(23)22(4,24)21(15,3)18(16)12-13-20(14,17)2/h14-18,24H,5-13H2,1-4H3/t14-,15-,16-,17-,18-,20+,21-,22?/m0/s1. The van der Waals surface area contributed by atoms with Gasteiger partial charge in [-0.15, -0.1) is 0 Å². The van der Waals surface area contributed by atoms with Crippen LogP contribution in [0.5, 0.6) is 0 Å². The molecule has 4 aliphatic carbocycles. The van der Waals surface area contributed by atoms with Gasteiger partial charge in [-0.05, 0) is 86.9 Å². The van der Waals surface area contributed by atoms with Crippen molar-refractivity contribution < 1.29 is 9.90 Å². The first-order valence-corrected chi connectivity index (χ1v) is 10.5. The summed E-state index contributed by atoms with van der Waals surface area (Å²) in [5.74, 6) is 3.64. The fourth-order valence-electron chi connectivity index (χ4n) is 8.26. The first-order chi connectivity index (χ1) is 11.3. The number of aliphatic hydroxyl groups is 1. The van der Waals surface area contributed by atoms with Crippen LogP contribution < -0.4 is 0 Å². The molecule has 136 valence electrons. The monoisotopic (exact) mass is 332 g/mol. The van der Waals surface area contributed by atoms with Gasteiger partial charge in [0.05, 0.1) is 0 Å². The molecule has 4 saturated carbocycles. The molecule has 0 amide bonds. The van der Waals surface area contributed by atoms with E-state index in [1.165, 1.54) is 44.9 Å². The molecule has 0 spiro atoms. The van der Waals surface area contributed by atoms with Crippen LogP contribution >= 0.6 is 0 Å². The molecule has 4 aliphatic rings. The molecule has 0 heterocycles. The van der Waals surface area contributed by atoms with Gasteiger partial charge in [0.15, 0.2) is 5.78 Å². The molecule has 8 atom stereocenters. The minimum absolute atomic E-state index is 0.105. The Bertz CT molecular complexity index is 538. The lowest BCUT2D eigenvalue weighted by Crippen LogP contribution is -2.65. The quantitative estimate of drug-likeness (QED) is 0.735. The van der Waals surface area contributed by atoms with E-state index in [1.807, 2.05) is 6.92 Å². The molecule has 0 aromatic heterocycles. The van der Waals surface area contributed by atoms with Crippen LogP contribution in [0.25, 0.3) is 0 Å². The van der Waals surface area contributed by atoms with Crippen molar-refractivity contribution in [2.45, 2.75) is 91.1 Å². The van der Waals surface area contributed by atoms with Gasteiger partial charge in [0.25, 0.3) is 0 Å². The molecule has 4 fully saturated rings. The summed E-state index contributed by atoms with van der Waals surface area (Å²) in [5.41, 5.74) is -0.795. The highest BCUT2D eigenvalue weighted by molar-refractivity contribution is 5.88. The lowest BCUT2D eigenvalue weighted by Gasteiger charge is -2.64. The Labute approximate surface area is 147 Å². The van der Waals surface area contributed by atoms with E-state index in [-0.39, 0.29) is 11.2 Å². The van der Waals surface area contributed by atoms with Crippen molar-refractivity contribution >= 4 is 5.78 Å². The summed E-state index contributed by atoms with van der Waals surface area (Å²) >= 11 is 0.